The van der Waals surface area contributed by atoms with Crippen LogP contribution in [-0.2, 0) is 0 Å². The minimum Gasteiger partial charge on any atom is -0.495 e. The van der Waals surface area contributed by atoms with Gasteiger partial charge in [0.2, 0.25) is 5.95 Å². The zero-order valence-corrected chi connectivity index (χ0v) is 15.3. The maximum absolute atomic E-state index is 13.7. The minimum atomic E-state index is -0.423. The van der Waals surface area contributed by atoms with E-state index < -0.39 is 11.7 Å². The fourth-order valence-corrected chi connectivity index (χ4v) is 2.47. The van der Waals surface area contributed by atoms with Crippen LogP contribution in [0, 0.1) is 12.7 Å². The highest BCUT2D eigenvalue weighted by Gasteiger charge is 2.13. The third kappa shape index (κ3) is 4.32. The molecule has 0 atom stereocenters. The highest BCUT2D eigenvalue weighted by molar-refractivity contribution is 6.31. The summed E-state index contributed by atoms with van der Waals surface area (Å²) in [6, 6.07) is 9.51. The molecule has 3 rings (SSSR count). The molecule has 0 aliphatic rings. The summed E-state index contributed by atoms with van der Waals surface area (Å²) in [5.41, 5.74) is 1.77. The Labute approximate surface area is 160 Å². The number of aryl methyl sites for hydroxylation is 1. The molecule has 1 heterocycles. The van der Waals surface area contributed by atoms with Crippen LogP contribution < -0.4 is 15.4 Å². The maximum Gasteiger partial charge on any atom is 0.258 e. The molecule has 1 amide bonds. The predicted octanol–water partition coefficient (Wildman–Crippen LogP) is 4.58. The molecular formula is C19H16ClFN4O2. The van der Waals surface area contributed by atoms with E-state index in [9.17, 15) is 9.18 Å². The molecule has 27 heavy (non-hydrogen) atoms. The summed E-state index contributed by atoms with van der Waals surface area (Å²) in [7, 11) is 1.49. The molecule has 0 saturated heterocycles. The highest BCUT2D eigenvalue weighted by Crippen LogP contribution is 2.31. The van der Waals surface area contributed by atoms with Gasteiger partial charge in [0.15, 0.2) is 0 Å². The summed E-state index contributed by atoms with van der Waals surface area (Å²) in [5, 5.41) is 6.04. The second-order valence-electron chi connectivity index (χ2n) is 5.66. The summed E-state index contributed by atoms with van der Waals surface area (Å²) in [5.74, 6) is -0.213. The van der Waals surface area contributed by atoms with E-state index in [4.69, 9.17) is 16.3 Å². The first-order valence-electron chi connectivity index (χ1n) is 7.97. The number of hydrogen-bond acceptors (Lipinski definition) is 5. The van der Waals surface area contributed by atoms with Crippen LogP contribution in [0.4, 0.5) is 21.7 Å². The summed E-state index contributed by atoms with van der Waals surface area (Å²) < 4.78 is 18.9. The van der Waals surface area contributed by atoms with E-state index in [-0.39, 0.29) is 17.2 Å². The van der Waals surface area contributed by atoms with Crippen molar-refractivity contribution in [1.29, 1.82) is 0 Å². The zero-order valence-electron chi connectivity index (χ0n) is 14.6. The average molecular weight is 387 g/mol. The van der Waals surface area contributed by atoms with Crippen LogP contribution in [0.2, 0.25) is 5.02 Å². The number of amides is 1. The van der Waals surface area contributed by atoms with Gasteiger partial charge in [0, 0.05) is 23.5 Å². The quantitative estimate of drug-likeness (QED) is 0.671. The summed E-state index contributed by atoms with van der Waals surface area (Å²) >= 11 is 6.07. The number of rotatable bonds is 5. The number of ether oxygens (including phenoxy) is 1. The van der Waals surface area contributed by atoms with E-state index in [0.29, 0.717) is 16.5 Å². The lowest BCUT2D eigenvalue weighted by molar-refractivity contribution is 0.102. The lowest BCUT2D eigenvalue weighted by atomic mass is 10.2. The molecule has 0 saturated carbocycles. The summed E-state index contributed by atoms with van der Waals surface area (Å²) in [4.78, 5) is 20.5. The first-order valence-corrected chi connectivity index (χ1v) is 8.35. The van der Waals surface area contributed by atoms with Crippen LogP contribution in [0.1, 0.15) is 15.9 Å². The van der Waals surface area contributed by atoms with Gasteiger partial charge in [-0.05, 0) is 30.7 Å². The molecule has 2 N–H and O–H groups in total. The van der Waals surface area contributed by atoms with Gasteiger partial charge in [-0.3, -0.25) is 4.79 Å². The number of halogens is 2. The van der Waals surface area contributed by atoms with Crippen LogP contribution in [0.5, 0.6) is 5.75 Å². The van der Waals surface area contributed by atoms with Crippen molar-refractivity contribution in [3.63, 3.8) is 0 Å². The van der Waals surface area contributed by atoms with Crippen molar-refractivity contribution < 1.29 is 13.9 Å². The molecule has 1 aromatic heterocycles. The summed E-state index contributed by atoms with van der Waals surface area (Å²) in [6.07, 6.45) is 2.70. The number of hydrogen-bond donors (Lipinski definition) is 2. The topological polar surface area (TPSA) is 76.1 Å². The Bertz CT molecular complexity index is 980. The van der Waals surface area contributed by atoms with Crippen molar-refractivity contribution in [2.45, 2.75) is 6.92 Å². The zero-order chi connectivity index (χ0) is 19.4. The SMILES string of the molecule is COc1cc(Cl)c(C)cc1NC(=O)c1cnc(Nc2ccccc2F)nc1. The monoisotopic (exact) mass is 386 g/mol. The largest absolute Gasteiger partial charge is 0.495 e. The van der Waals surface area contributed by atoms with Crippen LogP contribution in [0.15, 0.2) is 48.8 Å². The summed E-state index contributed by atoms with van der Waals surface area (Å²) in [6.45, 7) is 1.82. The number of aromatic nitrogens is 2. The number of anilines is 3. The molecule has 0 radical (unpaired) electrons. The molecular weight excluding hydrogens is 371 g/mol. The molecule has 0 spiro atoms. The van der Waals surface area contributed by atoms with Crippen molar-refractivity contribution in [3.8, 4) is 5.75 Å². The van der Waals surface area contributed by atoms with E-state index in [0.717, 1.165) is 5.56 Å². The lowest BCUT2D eigenvalue weighted by Crippen LogP contribution is -2.14. The minimum absolute atomic E-state index is 0.177. The fraction of sp³-hybridized carbons (Fsp3) is 0.105. The lowest BCUT2D eigenvalue weighted by Gasteiger charge is -2.12. The van der Waals surface area contributed by atoms with Gasteiger partial charge in [-0.25, -0.2) is 14.4 Å². The van der Waals surface area contributed by atoms with Crippen molar-refractivity contribution >= 4 is 34.8 Å². The third-order valence-corrected chi connectivity index (χ3v) is 4.17. The van der Waals surface area contributed by atoms with Crippen LogP contribution in [0.3, 0.4) is 0 Å². The molecule has 2 aromatic carbocycles. The first kappa shape index (κ1) is 18.6. The van der Waals surface area contributed by atoms with E-state index in [1.807, 2.05) is 6.92 Å². The number of carbonyl (C=O) groups excluding carboxylic acids is 1. The number of benzene rings is 2. The highest BCUT2D eigenvalue weighted by atomic mass is 35.5. The fourth-order valence-electron chi connectivity index (χ4n) is 2.32. The van der Waals surface area contributed by atoms with Gasteiger partial charge in [-0.2, -0.15) is 0 Å². The first-order chi connectivity index (χ1) is 13.0. The second-order valence-corrected chi connectivity index (χ2v) is 6.06. The standard InChI is InChI=1S/C19H16ClFN4O2/c1-11-7-16(17(27-2)8-13(11)20)24-18(26)12-9-22-19(23-10-12)25-15-6-4-3-5-14(15)21/h3-10H,1-2H3,(H,24,26)(H,22,23,25). The van der Waals surface area contributed by atoms with E-state index in [1.54, 1.807) is 30.3 Å². The molecule has 0 unspecified atom stereocenters. The third-order valence-electron chi connectivity index (χ3n) is 3.76. The van der Waals surface area contributed by atoms with Crippen molar-refractivity contribution in [2.24, 2.45) is 0 Å². The van der Waals surface area contributed by atoms with Crippen molar-refractivity contribution in [3.05, 3.63) is 70.8 Å². The molecule has 6 nitrogen and oxygen atoms in total. The van der Waals surface area contributed by atoms with Gasteiger partial charge < -0.3 is 15.4 Å². The van der Waals surface area contributed by atoms with Crippen molar-refractivity contribution in [2.75, 3.05) is 17.7 Å². The number of nitrogens with one attached hydrogen (secondary N) is 2. The smallest absolute Gasteiger partial charge is 0.258 e. The van der Waals surface area contributed by atoms with E-state index >= 15 is 0 Å². The van der Waals surface area contributed by atoms with Gasteiger partial charge in [0.05, 0.1) is 24.0 Å². The van der Waals surface area contributed by atoms with Crippen LogP contribution in [0.25, 0.3) is 0 Å². The average Bonchev–Trinajstić information content (AvgIpc) is 2.67. The van der Waals surface area contributed by atoms with Gasteiger partial charge in [0.25, 0.3) is 5.91 Å². The number of nitrogens with zero attached hydrogens (tertiary/aromatic N) is 2. The maximum atomic E-state index is 13.7. The predicted molar refractivity (Wildman–Crippen MR) is 102 cm³/mol. The number of carbonyl (C=O) groups is 1. The Kier molecular flexibility index (Phi) is 5.52. The normalized spacial score (nSPS) is 10.4. The van der Waals surface area contributed by atoms with Gasteiger partial charge in [-0.1, -0.05) is 23.7 Å². The van der Waals surface area contributed by atoms with Crippen molar-refractivity contribution in [1.82, 2.24) is 9.97 Å². The molecule has 138 valence electrons. The van der Waals surface area contributed by atoms with Gasteiger partial charge in [-0.15, -0.1) is 0 Å². The van der Waals surface area contributed by atoms with E-state index in [1.165, 1.54) is 25.6 Å². The van der Waals surface area contributed by atoms with E-state index in [2.05, 4.69) is 20.6 Å². The molecule has 0 aliphatic heterocycles. The molecule has 0 bridgehead atoms. The Hall–Kier alpha value is -3.19. The molecule has 0 aliphatic carbocycles. The Balaban J connectivity index is 1.75. The molecule has 3 aromatic rings. The second kappa shape index (κ2) is 8.01. The van der Waals surface area contributed by atoms with Crippen LogP contribution >= 0.6 is 11.6 Å². The number of methoxy groups -OCH3 is 1. The molecule has 0 fully saturated rings. The Morgan fingerprint density at radius 1 is 1.15 bits per heavy atom. The van der Waals surface area contributed by atoms with Gasteiger partial charge in [0.1, 0.15) is 11.6 Å². The molecule has 8 heteroatoms. The number of para-hydroxylation sites is 1. The van der Waals surface area contributed by atoms with Gasteiger partial charge >= 0.3 is 0 Å². The van der Waals surface area contributed by atoms with Crippen LogP contribution in [-0.4, -0.2) is 23.0 Å². The Morgan fingerprint density at radius 3 is 2.52 bits per heavy atom. The Morgan fingerprint density at radius 2 is 1.85 bits per heavy atom.